The molecule has 1 unspecified atom stereocenters. The van der Waals surface area contributed by atoms with E-state index in [-0.39, 0.29) is 11.8 Å². The highest BCUT2D eigenvalue weighted by atomic mass is 16.2. The molecule has 19 heavy (non-hydrogen) atoms. The maximum atomic E-state index is 12.0. The van der Waals surface area contributed by atoms with Crippen molar-refractivity contribution in [1.82, 2.24) is 5.32 Å². The van der Waals surface area contributed by atoms with Gasteiger partial charge in [0.2, 0.25) is 5.91 Å². The summed E-state index contributed by atoms with van der Waals surface area (Å²) in [5.74, 6) is -0.441. The molecule has 0 fully saturated rings. The number of nitrogens with one attached hydrogen (secondary N) is 2. The molecule has 5 nitrogen and oxygen atoms in total. The van der Waals surface area contributed by atoms with E-state index in [1.807, 2.05) is 6.92 Å². The summed E-state index contributed by atoms with van der Waals surface area (Å²) in [6.07, 6.45) is 1.44. The number of amides is 2. The summed E-state index contributed by atoms with van der Waals surface area (Å²) in [5, 5.41) is 5.28. The third-order valence-corrected chi connectivity index (χ3v) is 2.90. The van der Waals surface area contributed by atoms with E-state index >= 15 is 0 Å². The Labute approximate surface area is 113 Å². The molecule has 2 amide bonds. The van der Waals surface area contributed by atoms with Crippen LogP contribution in [0.25, 0.3) is 0 Å². The monoisotopic (exact) mass is 263 g/mol. The lowest BCUT2D eigenvalue weighted by Crippen LogP contribution is -2.48. The van der Waals surface area contributed by atoms with Crippen LogP contribution in [0.4, 0.5) is 5.69 Å². The lowest BCUT2D eigenvalue weighted by atomic mass is 9.96. The molecular weight excluding hydrogens is 242 g/mol. The van der Waals surface area contributed by atoms with E-state index < -0.39 is 5.54 Å². The van der Waals surface area contributed by atoms with Crippen LogP contribution >= 0.6 is 0 Å². The number of rotatable bonds is 5. The maximum absolute atomic E-state index is 12.0. The third kappa shape index (κ3) is 4.06. The molecule has 0 radical (unpaired) electrons. The molecule has 0 heterocycles. The molecule has 104 valence electrons. The summed E-state index contributed by atoms with van der Waals surface area (Å²) >= 11 is 0. The topological polar surface area (TPSA) is 84.2 Å². The second kappa shape index (κ2) is 6.33. The smallest absolute Gasteiger partial charge is 0.251 e. The molecule has 5 heteroatoms. The first-order chi connectivity index (χ1) is 8.90. The second-order valence-electron chi connectivity index (χ2n) is 4.78. The van der Waals surface area contributed by atoms with Crippen molar-refractivity contribution < 1.29 is 9.59 Å². The molecule has 1 aromatic rings. The fourth-order valence-electron chi connectivity index (χ4n) is 1.79. The van der Waals surface area contributed by atoms with Crippen molar-refractivity contribution in [1.29, 1.82) is 0 Å². The Hall–Kier alpha value is -1.88. The summed E-state index contributed by atoms with van der Waals surface area (Å²) in [7, 11) is 1.56. The summed E-state index contributed by atoms with van der Waals surface area (Å²) in [4.78, 5) is 23.5. The number of carbonyl (C=O) groups is 2. The minimum Gasteiger partial charge on any atom is -0.355 e. The van der Waals surface area contributed by atoms with Gasteiger partial charge in [0, 0.05) is 18.3 Å². The van der Waals surface area contributed by atoms with Crippen LogP contribution < -0.4 is 16.4 Å². The van der Waals surface area contributed by atoms with E-state index in [0.29, 0.717) is 17.7 Å². The van der Waals surface area contributed by atoms with Crippen molar-refractivity contribution in [3.8, 4) is 0 Å². The number of anilines is 1. The molecular formula is C14H21N3O2. The Morgan fingerprint density at radius 1 is 1.37 bits per heavy atom. The summed E-state index contributed by atoms with van der Waals surface area (Å²) in [6, 6.07) is 6.75. The van der Waals surface area contributed by atoms with Gasteiger partial charge in [0.15, 0.2) is 0 Å². The van der Waals surface area contributed by atoms with Gasteiger partial charge in [0.05, 0.1) is 5.54 Å². The standard InChI is InChI=1S/C14H21N3O2/c1-4-8-14(2,15)13(19)17-11-7-5-6-10(9-11)12(18)16-3/h5-7,9H,4,8,15H2,1-3H3,(H,16,18)(H,17,19). The van der Waals surface area contributed by atoms with Gasteiger partial charge in [0.1, 0.15) is 0 Å². The quantitative estimate of drug-likeness (QED) is 0.752. The Balaban J connectivity index is 2.83. The molecule has 0 spiro atoms. The van der Waals surface area contributed by atoms with E-state index in [0.717, 1.165) is 6.42 Å². The Morgan fingerprint density at radius 2 is 2.05 bits per heavy atom. The Morgan fingerprint density at radius 3 is 2.63 bits per heavy atom. The van der Waals surface area contributed by atoms with Gasteiger partial charge in [-0.15, -0.1) is 0 Å². The van der Waals surface area contributed by atoms with Crippen LogP contribution in [0.1, 0.15) is 37.0 Å². The van der Waals surface area contributed by atoms with Crippen molar-refractivity contribution in [3.63, 3.8) is 0 Å². The van der Waals surface area contributed by atoms with Gasteiger partial charge in [-0.1, -0.05) is 19.4 Å². The predicted molar refractivity (Wildman–Crippen MR) is 76.0 cm³/mol. The fourth-order valence-corrected chi connectivity index (χ4v) is 1.79. The molecule has 1 atom stereocenters. The molecule has 0 aromatic heterocycles. The Bertz CT molecular complexity index is 470. The van der Waals surface area contributed by atoms with Crippen LogP contribution in [0.3, 0.4) is 0 Å². The van der Waals surface area contributed by atoms with Crippen molar-refractivity contribution in [2.24, 2.45) is 5.73 Å². The van der Waals surface area contributed by atoms with Crippen LogP contribution in [0.2, 0.25) is 0 Å². The zero-order valence-corrected chi connectivity index (χ0v) is 11.6. The molecule has 1 rings (SSSR count). The first-order valence-corrected chi connectivity index (χ1v) is 6.33. The zero-order chi connectivity index (χ0) is 14.5. The largest absolute Gasteiger partial charge is 0.355 e. The summed E-state index contributed by atoms with van der Waals surface area (Å²) in [6.45, 7) is 3.68. The number of benzene rings is 1. The summed E-state index contributed by atoms with van der Waals surface area (Å²) < 4.78 is 0. The first kappa shape index (κ1) is 15.2. The average Bonchev–Trinajstić information content (AvgIpc) is 2.38. The predicted octanol–water partition coefficient (Wildman–Crippen LogP) is 1.50. The van der Waals surface area contributed by atoms with E-state index in [4.69, 9.17) is 5.73 Å². The van der Waals surface area contributed by atoms with Gasteiger partial charge in [-0.3, -0.25) is 9.59 Å². The van der Waals surface area contributed by atoms with E-state index in [1.54, 1.807) is 38.2 Å². The fraction of sp³-hybridized carbons (Fsp3) is 0.429. The third-order valence-electron chi connectivity index (χ3n) is 2.90. The van der Waals surface area contributed by atoms with Crippen LogP contribution in [-0.4, -0.2) is 24.4 Å². The van der Waals surface area contributed by atoms with Crippen molar-refractivity contribution in [2.75, 3.05) is 12.4 Å². The average molecular weight is 263 g/mol. The molecule has 0 aliphatic carbocycles. The first-order valence-electron chi connectivity index (χ1n) is 6.33. The molecule has 0 bridgehead atoms. The number of hydrogen-bond acceptors (Lipinski definition) is 3. The van der Waals surface area contributed by atoms with E-state index in [1.165, 1.54) is 0 Å². The SMILES string of the molecule is CCCC(C)(N)C(=O)Nc1cccc(C(=O)NC)c1. The molecule has 4 N–H and O–H groups in total. The minimum atomic E-state index is -0.905. The molecule has 1 aromatic carbocycles. The van der Waals surface area contributed by atoms with Crippen LogP contribution in [0, 0.1) is 0 Å². The summed E-state index contributed by atoms with van der Waals surface area (Å²) in [5.41, 5.74) is 6.11. The van der Waals surface area contributed by atoms with E-state index in [2.05, 4.69) is 10.6 Å². The lowest BCUT2D eigenvalue weighted by molar-refractivity contribution is -0.120. The number of carbonyl (C=O) groups excluding carboxylic acids is 2. The molecule has 0 aliphatic heterocycles. The van der Waals surface area contributed by atoms with Gasteiger partial charge in [0.25, 0.3) is 5.91 Å². The van der Waals surface area contributed by atoms with Crippen molar-refractivity contribution in [2.45, 2.75) is 32.2 Å². The van der Waals surface area contributed by atoms with Gasteiger partial charge >= 0.3 is 0 Å². The van der Waals surface area contributed by atoms with Gasteiger partial charge in [-0.2, -0.15) is 0 Å². The lowest BCUT2D eigenvalue weighted by Gasteiger charge is -2.22. The zero-order valence-electron chi connectivity index (χ0n) is 11.6. The second-order valence-corrected chi connectivity index (χ2v) is 4.78. The highest BCUT2D eigenvalue weighted by Gasteiger charge is 2.27. The molecule has 0 saturated heterocycles. The molecule has 0 aliphatic rings. The minimum absolute atomic E-state index is 0.194. The van der Waals surface area contributed by atoms with Crippen LogP contribution in [0.5, 0.6) is 0 Å². The highest BCUT2D eigenvalue weighted by Crippen LogP contribution is 2.15. The van der Waals surface area contributed by atoms with Crippen LogP contribution in [0.15, 0.2) is 24.3 Å². The van der Waals surface area contributed by atoms with Crippen molar-refractivity contribution >= 4 is 17.5 Å². The van der Waals surface area contributed by atoms with Crippen molar-refractivity contribution in [3.05, 3.63) is 29.8 Å². The van der Waals surface area contributed by atoms with Gasteiger partial charge < -0.3 is 16.4 Å². The van der Waals surface area contributed by atoms with E-state index in [9.17, 15) is 9.59 Å². The highest BCUT2D eigenvalue weighted by molar-refractivity contribution is 5.99. The normalized spacial score (nSPS) is 13.5. The van der Waals surface area contributed by atoms with Gasteiger partial charge in [-0.05, 0) is 31.5 Å². The van der Waals surface area contributed by atoms with Crippen LogP contribution in [-0.2, 0) is 4.79 Å². The Kier molecular flexibility index (Phi) is 5.06. The molecule has 0 saturated carbocycles. The van der Waals surface area contributed by atoms with Gasteiger partial charge in [-0.25, -0.2) is 0 Å². The number of hydrogen-bond donors (Lipinski definition) is 3. The maximum Gasteiger partial charge on any atom is 0.251 e. The number of nitrogens with two attached hydrogens (primary N) is 1.